The standard InChI is InChI=1S/C18H22FN/c1-4-16-9-5-7-13(2)18(16)20-14(3)11-15-8-6-10-17(19)12-15/h5-10,12,14,20H,4,11H2,1-3H3. The van der Waals surface area contributed by atoms with Crippen LogP contribution in [0.4, 0.5) is 10.1 Å². The van der Waals surface area contributed by atoms with Gasteiger partial charge in [0.1, 0.15) is 5.82 Å². The molecule has 2 aromatic rings. The molecule has 0 aliphatic rings. The number of anilines is 1. The first kappa shape index (κ1) is 14.6. The molecule has 0 amide bonds. The minimum atomic E-state index is -0.167. The maximum Gasteiger partial charge on any atom is 0.123 e. The van der Waals surface area contributed by atoms with Crippen LogP contribution >= 0.6 is 0 Å². The third kappa shape index (κ3) is 3.60. The van der Waals surface area contributed by atoms with Crippen molar-refractivity contribution in [3.05, 3.63) is 65.0 Å². The third-order valence-electron chi connectivity index (χ3n) is 3.56. The Hall–Kier alpha value is -1.83. The molecule has 0 spiro atoms. The lowest BCUT2D eigenvalue weighted by Crippen LogP contribution is -2.19. The van der Waals surface area contributed by atoms with E-state index in [1.807, 2.05) is 6.07 Å². The molecule has 2 rings (SSSR count). The molecule has 1 atom stereocenters. The second-order valence-electron chi connectivity index (χ2n) is 5.34. The Balaban J connectivity index is 2.10. The molecule has 0 aliphatic carbocycles. The van der Waals surface area contributed by atoms with Crippen LogP contribution in [-0.2, 0) is 12.8 Å². The van der Waals surface area contributed by atoms with E-state index in [4.69, 9.17) is 0 Å². The lowest BCUT2D eigenvalue weighted by Gasteiger charge is -2.20. The smallest absolute Gasteiger partial charge is 0.123 e. The fourth-order valence-electron chi connectivity index (χ4n) is 2.54. The number of nitrogens with one attached hydrogen (secondary N) is 1. The Morgan fingerprint density at radius 1 is 1.15 bits per heavy atom. The summed E-state index contributed by atoms with van der Waals surface area (Å²) in [6, 6.07) is 13.5. The number of hydrogen-bond donors (Lipinski definition) is 1. The minimum Gasteiger partial charge on any atom is -0.382 e. The highest BCUT2D eigenvalue weighted by Gasteiger charge is 2.09. The van der Waals surface area contributed by atoms with Gasteiger partial charge in [-0.05, 0) is 55.5 Å². The summed E-state index contributed by atoms with van der Waals surface area (Å²) in [5.41, 5.74) is 4.84. The van der Waals surface area contributed by atoms with Gasteiger partial charge < -0.3 is 5.32 Å². The topological polar surface area (TPSA) is 12.0 Å². The van der Waals surface area contributed by atoms with Gasteiger partial charge in [-0.2, -0.15) is 0 Å². The van der Waals surface area contributed by atoms with Gasteiger partial charge in [0.05, 0.1) is 0 Å². The minimum absolute atomic E-state index is 0.167. The van der Waals surface area contributed by atoms with Gasteiger partial charge in [-0.3, -0.25) is 0 Å². The number of aryl methyl sites for hydroxylation is 2. The molecule has 2 heteroatoms. The van der Waals surface area contributed by atoms with Crippen LogP contribution in [0, 0.1) is 12.7 Å². The largest absolute Gasteiger partial charge is 0.382 e. The second-order valence-corrected chi connectivity index (χ2v) is 5.34. The van der Waals surface area contributed by atoms with Crippen molar-refractivity contribution >= 4 is 5.69 Å². The molecule has 0 aliphatic heterocycles. The Morgan fingerprint density at radius 2 is 1.90 bits per heavy atom. The highest BCUT2D eigenvalue weighted by molar-refractivity contribution is 5.57. The van der Waals surface area contributed by atoms with Gasteiger partial charge in [0, 0.05) is 11.7 Å². The van der Waals surface area contributed by atoms with E-state index in [1.165, 1.54) is 22.9 Å². The van der Waals surface area contributed by atoms with Crippen LogP contribution in [0.5, 0.6) is 0 Å². The maximum atomic E-state index is 13.2. The summed E-state index contributed by atoms with van der Waals surface area (Å²) in [5.74, 6) is -0.167. The first-order valence-electron chi connectivity index (χ1n) is 7.19. The lowest BCUT2D eigenvalue weighted by molar-refractivity contribution is 0.624. The van der Waals surface area contributed by atoms with E-state index in [-0.39, 0.29) is 11.9 Å². The van der Waals surface area contributed by atoms with E-state index < -0.39 is 0 Å². The SMILES string of the molecule is CCc1cccc(C)c1NC(C)Cc1cccc(F)c1. The van der Waals surface area contributed by atoms with E-state index in [0.717, 1.165) is 18.4 Å². The number of hydrogen-bond acceptors (Lipinski definition) is 1. The van der Waals surface area contributed by atoms with Crippen molar-refractivity contribution in [2.75, 3.05) is 5.32 Å². The molecule has 0 radical (unpaired) electrons. The number of para-hydroxylation sites is 1. The van der Waals surface area contributed by atoms with Crippen LogP contribution in [-0.4, -0.2) is 6.04 Å². The van der Waals surface area contributed by atoms with E-state index in [0.29, 0.717) is 0 Å². The van der Waals surface area contributed by atoms with Gasteiger partial charge in [-0.1, -0.05) is 37.3 Å². The normalized spacial score (nSPS) is 12.2. The van der Waals surface area contributed by atoms with Crippen molar-refractivity contribution in [3.63, 3.8) is 0 Å². The third-order valence-corrected chi connectivity index (χ3v) is 3.56. The number of benzene rings is 2. The molecule has 0 aromatic heterocycles. The highest BCUT2D eigenvalue weighted by atomic mass is 19.1. The average molecular weight is 271 g/mol. The predicted octanol–water partition coefficient (Wildman–Crippen LogP) is 4.74. The Morgan fingerprint density at radius 3 is 2.60 bits per heavy atom. The molecule has 106 valence electrons. The zero-order valence-electron chi connectivity index (χ0n) is 12.4. The molecule has 1 nitrogen and oxygen atoms in total. The van der Waals surface area contributed by atoms with Crippen LogP contribution in [0.2, 0.25) is 0 Å². The van der Waals surface area contributed by atoms with Crippen LogP contribution in [0.3, 0.4) is 0 Å². The van der Waals surface area contributed by atoms with Crippen LogP contribution < -0.4 is 5.32 Å². The molecule has 0 saturated carbocycles. The quantitative estimate of drug-likeness (QED) is 0.828. The van der Waals surface area contributed by atoms with Crippen molar-refractivity contribution < 1.29 is 4.39 Å². The molecule has 20 heavy (non-hydrogen) atoms. The molecule has 1 N–H and O–H groups in total. The van der Waals surface area contributed by atoms with Gasteiger partial charge in [-0.25, -0.2) is 4.39 Å². The summed E-state index contributed by atoms with van der Waals surface area (Å²) in [6.45, 7) is 6.42. The van der Waals surface area contributed by atoms with Crippen LogP contribution in [0.1, 0.15) is 30.5 Å². The predicted molar refractivity (Wildman–Crippen MR) is 83.7 cm³/mol. The molecule has 0 saturated heterocycles. The van der Waals surface area contributed by atoms with Crippen LogP contribution in [0.25, 0.3) is 0 Å². The zero-order chi connectivity index (χ0) is 14.5. The summed E-state index contributed by atoms with van der Waals surface area (Å²) in [6.07, 6.45) is 1.83. The summed E-state index contributed by atoms with van der Waals surface area (Å²) >= 11 is 0. The monoisotopic (exact) mass is 271 g/mol. The summed E-state index contributed by atoms with van der Waals surface area (Å²) in [5, 5.41) is 3.58. The molecule has 2 aromatic carbocycles. The summed E-state index contributed by atoms with van der Waals surface area (Å²) in [7, 11) is 0. The van der Waals surface area contributed by atoms with Gasteiger partial charge in [0.25, 0.3) is 0 Å². The van der Waals surface area contributed by atoms with Crippen molar-refractivity contribution in [1.82, 2.24) is 0 Å². The number of halogens is 1. The van der Waals surface area contributed by atoms with Crippen molar-refractivity contribution in [2.45, 2.75) is 39.7 Å². The lowest BCUT2D eigenvalue weighted by atomic mass is 10.0. The fraction of sp³-hybridized carbons (Fsp3) is 0.333. The van der Waals surface area contributed by atoms with Crippen LogP contribution in [0.15, 0.2) is 42.5 Å². The van der Waals surface area contributed by atoms with E-state index in [2.05, 4.69) is 44.3 Å². The van der Waals surface area contributed by atoms with Gasteiger partial charge >= 0.3 is 0 Å². The second kappa shape index (κ2) is 6.56. The Labute approximate surface area is 120 Å². The van der Waals surface area contributed by atoms with Crippen molar-refractivity contribution in [1.29, 1.82) is 0 Å². The van der Waals surface area contributed by atoms with Crippen molar-refractivity contribution in [3.8, 4) is 0 Å². The molecular weight excluding hydrogens is 249 g/mol. The number of rotatable bonds is 5. The molecule has 1 unspecified atom stereocenters. The Bertz CT molecular complexity index is 577. The summed E-state index contributed by atoms with van der Waals surface area (Å²) < 4.78 is 13.2. The Kier molecular flexibility index (Phi) is 4.78. The fourth-order valence-corrected chi connectivity index (χ4v) is 2.54. The summed E-state index contributed by atoms with van der Waals surface area (Å²) in [4.78, 5) is 0. The van der Waals surface area contributed by atoms with Gasteiger partial charge in [0.15, 0.2) is 0 Å². The zero-order valence-corrected chi connectivity index (χ0v) is 12.4. The van der Waals surface area contributed by atoms with Gasteiger partial charge in [-0.15, -0.1) is 0 Å². The molecule has 0 heterocycles. The van der Waals surface area contributed by atoms with E-state index >= 15 is 0 Å². The van der Waals surface area contributed by atoms with E-state index in [9.17, 15) is 4.39 Å². The molecular formula is C18H22FN. The molecule has 0 bridgehead atoms. The van der Waals surface area contributed by atoms with E-state index in [1.54, 1.807) is 12.1 Å². The molecule has 0 fully saturated rings. The maximum absolute atomic E-state index is 13.2. The first-order valence-corrected chi connectivity index (χ1v) is 7.19. The first-order chi connectivity index (χ1) is 9.60. The van der Waals surface area contributed by atoms with Gasteiger partial charge in [0.2, 0.25) is 0 Å². The highest BCUT2D eigenvalue weighted by Crippen LogP contribution is 2.22. The van der Waals surface area contributed by atoms with Crippen molar-refractivity contribution in [2.24, 2.45) is 0 Å². The average Bonchev–Trinajstić information content (AvgIpc) is 2.41.